The number of rotatable bonds is 5. The fraction of sp³-hybridized carbons (Fsp3) is 0.467. The van der Waals surface area contributed by atoms with E-state index >= 15 is 0 Å². The normalized spacial score (nSPS) is 15.6. The van der Waals surface area contributed by atoms with Gasteiger partial charge in [0.2, 0.25) is 11.8 Å². The molecule has 0 radical (unpaired) electrons. The van der Waals surface area contributed by atoms with Gasteiger partial charge in [-0.3, -0.25) is 14.5 Å². The van der Waals surface area contributed by atoms with Crippen LogP contribution in [0.15, 0.2) is 24.3 Å². The van der Waals surface area contributed by atoms with Crippen LogP contribution < -0.4 is 5.32 Å². The molecular weight excluding hydrogens is 289 g/mol. The number of hydrogen-bond acceptors (Lipinski definition) is 4. The first kappa shape index (κ1) is 16.4. The van der Waals surface area contributed by atoms with Crippen molar-refractivity contribution in [1.82, 2.24) is 9.80 Å². The van der Waals surface area contributed by atoms with Gasteiger partial charge >= 0.3 is 0 Å². The van der Waals surface area contributed by atoms with Crippen molar-refractivity contribution in [2.75, 3.05) is 51.8 Å². The number of methoxy groups -OCH3 is 1. The number of anilines is 1. The van der Waals surface area contributed by atoms with Gasteiger partial charge in [0.25, 0.3) is 0 Å². The molecule has 0 spiro atoms. The molecule has 1 aliphatic heterocycles. The summed E-state index contributed by atoms with van der Waals surface area (Å²) in [4.78, 5) is 27.3. The predicted octanol–water partition coefficient (Wildman–Crippen LogP) is 0.555. The Morgan fingerprint density at radius 1 is 1.27 bits per heavy atom. The lowest BCUT2D eigenvalue weighted by molar-refractivity contribution is -0.137. The first-order chi connectivity index (χ1) is 10.6. The molecule has 120 valence electrons. The molecule has 1 N–H and O–H groups in total. The van der Waals surface area contributed by atoms with Gasteiger partial charge in [-0.2, -0.15) is 0 Å². The minimum absolute atomic E-state index is 0.0358. The standard InChI is InChI=1S/C15H20FN3O3/c1-22-11-15(21)19-7-5-18(6-8-19)10-14(20)17-13-4-2-3-12(16)9-13/h2-4,9H,5-8,10-11H2,1H3,(H,17,20). The van der Waals surface area contributed by atoms with Gasteiger partial charge in [-0.15, -0.1) is 0 Å². The lowest BCUT2D eigenvalue weighted by atomic mass is 10.3. The number of piperazine rings is 1. The third-order valence-corrected chi connectivity index (χ3v) is 3.47. The molecule has 1 aliphatic rings. The number of carbonyl (C=O) groups is 2. The lowest BCUT2D eigenvalue weighted by Gasteiger charge is -2.34. The van der Waals surface area contributed by atoms with E-state index in [9.17, 15) is 14.0 Å². The Hall–Kier alpha value is -1.99. The van der Waals surface area contributed by atoms with Crippen LogP contribution in [0.2, 0.25) is 0 Å². The molecule has 0 atom stereocenters. The maximum Gasteiger partial charge on any atom is 0.248 e. The second kappa shape index (κ2) is 7.86. The van der Waals surface area contributed by atoms with E-state index in [0.29, 0.717) is 31.9 Å². The van der Waals surface area contributed by atoms with E-state index in [1.54, 1.807) is 17.0 Å². The van der Waals surface area contributed by atoms with E-state index in [0.717, 1.165) is 0 Å². The van der Waals surface area contributed by atoms with Crippen molar-refractivity contribution in [1.29, 1.82) is 0 Å². The van der Waals surface area contributed by atoms with Crippen LogP contribution in [-0.2, 0) is 14.3 Å². The van der Waals surface area contributed by atoms with Gasteiger partial charge in [0.05, 0.1) is 6.54 Å². The number of halogens is 1. The topological polar surface area (TPSA) is 61.9 Å². The number of benzene rings is 1. The Morgan fingerprint density at radius 2 is 2.00 bits per heavy atom. The summed E-state index contributed by atoms with van der Waals surface area (Å²) in [5, 5.41) is 2.66. The molecule has 0 aliphatic carbocycles. The quantitative estimate of drug-likeness (QED) is 0.863. The number of hydrogen-bond donors (Lipinski definition) is 1. The fourth-order valence-corrected chi connectivity index (χ4v) is 2.34. The SMILES string of the molecule is COCC(=O)N1CCN(CC(=O)Nc2cccc(F)c2)CC1. The summed E-state index contributed by atoms with van der Waals surface area (Å²) < 4.78 is 17.9. The summed E-state index contributed by atoms with van der Waals surface area (Å²) in [7, 11) is 1.49. The Bertz CT molecular complexity index is 531. The number of carbonyl (C=O) groups excluding carboxylic acids is 2. The largest absolute Gasteiger partial charge is 0.375 e. The van der Waals surface area contributed by atoms with Gasteiger partial charge in [0, 0.05) is 39.0 Å². The zero-order valence-electron chi connectivity index (χ0n) is 12.5. The number of ether oxygens (including phenoxy) is 1. The molecule has 0 bridgehead atoms. The summed E-state index contributed by atoms with van der Waals surface area (Å²) in [6.45, 7) is 2.73. The minimum Gasteiger partial charge on any atom is -0.375 e. The van der Waals surface area contributed by atoms with Crippen LogP contribution >= 0.6 is 0 Å². The molecular formula is C15H20FN3O3. The fourth-order valence-electron chi connectivity index (χ4n) is 2.34. The monoisotopic (exact) mass is 309 g/mol. The molecule has 1 heterocycles. The van der Waals surface area contributed by atoms with Gasteiger partial charge in [-0.1, -0.05) is 6.07 Å². The molecule has 6 nitrogen and oxygen atoms in total. The second-order valence-corrected chi connectivity index (χ2v) is 5.15. The lowest BCUT2D eigenvalue weighted by Crippen LogP contribution is -2.51. The first-order valence-corrected chi connectivity index (χ1v) is 7.13. The highest BCUT2D eigenvalue weighted by Gasteiger charge is 2.22. The van der Waals surface area contributed by atoms with Crippen LogP contribution in [0.4, 0.5) is 10.1 Å². The number of nitrogens with zero attached hydrogens (tertiary/aromatic N) is 2. The summed E-state index contributed by atoms with van der Waals surface area (Å²) in [5.41, 5.74) is 0.443. The van der Waals surface area contributed by atoms with Crippen molar-refractivity contribution >= 4 is 17.5 Å². The summed E-state index contributed by atoms with van der Waals surface area (Å²) in [5.74, 6) is -0.614. The second-order valence-electron chi connectivity index (χ2n) is 5.15. The maximum atomic E-state index is 13.0. The molecule has 1 saturated heterocycles. The van der Waals surface area contributed by atoms with E-state index in [4.69, 9.17) is 4.74 Å². The number of amides is 2. The highest BCUT2D eigenvalue weighted by Crippen LogP contribution is 2.09. The van der Waals surface area contributed by atoms with E-state index in [2.05, 4.69) is 5.32 Å². The highest BCUT2D eigenvalue weighted by molar-refractivity contribution is 5.92. The Morgan fingerprint density at radius 3 is 2.64 bits per heavy atom. The summed E-state index contributed by atoms with van der Waals surface area (Å²) >= 11 is 0. The third kappa shape index (κ3) is 4.78. The molecule has 1 fully saturated rings. The smallest absolute Gasteiger partial charge is 0.248 e. The summed E-state index contributed by atoms with van der Waals surface area (Å²) in [6.07, 6.45) is 0. The van der Waals surface area contributed by atoms with Gasteiger partial charge in [-0.25, -0.2) is 4.39 Å². The number of nitrogens with one attached hydrogen (secondary N) is 1. The molecule has 0 unspecified atom stereocenters. The molecule has 0 saturated carbocycles. The van der Waals surface area contributed by atoms with Crippen LogP contribution in [0.3, 0.4) is 0 Å². The molecule has 0 aromatic heterocycles. The molecule has 1 aromatic carbocycles. The minimum atomic E-state index is -0.386. The van der Waals surface area contributed by atoms with Gasteiger partial charge in [-0.05, 0) is 18.2 Å². The van der Waals surface area contributed by atoms with Crippen molar-refractivity contribution in [3.05, 3.63) is 30.1 Å². The Labute approximate surface area is 128 Å². The first-order valence-electron chi connectivity index (χ1n) is 7.13. The van der Waals surface area contributed by atoms with Crippen LogP contribution in [0.25, 0.3) is 0 Å². The molecule has 2 amide bonds. The molecule has 7 heteroatoms. The van der Waals surface area contributed by atoms with Crippen molar-refractivity contribution in [3.8, 4) is 0 Å². The van der Waals surface area contributed by atoms with Crippen molar-refractivity contribution in [2.45, 2.75) is 0 Å². The van der Waals surface area contributed by atoms with Crippen molar-refractivity contribution in [3.63, 3.8) is 0 Å². The van der Waals surface area contributed by atoms with E-state index in [-0.39, 0.29) is 30.8 Å². The van der Waals surface area contributed by atoms with Gasteiger partial charge in [0.15, 0.2) is 0 Å². The maximum absolute atomic E-state index is 13.0. The van der Waals surface area contributed by atoms with Gasteiger partial charge < -0.3 is 15.0 Å². The van der Waals surface area contributed by atoms with Crippen molar-refractivity contribution < 1.29 is 18.7 Å². The third-order valence-electron chi connectivity index (χ3n) is 3.47. The van der Waals surface area contributed by atoms with Crippen molar-refractivity contribution in [2.24, 2.45) is 0 Å². The molecule has 2 rings (SSSR count). The molecule has 22 heavy (non-hydrogen) atoms. The predicted molar refractivity (Wildman–Crippen MR) is 79.9 cm³/mol. The van der Waals surface area contributed by atoms with E-state index in [1.165, 1.54) is 19.2 Å². The van der Waals surface area contributed by atoms with Crippen LogP contribution in [-0.4, -0.2) is 68.1 Å². The van der Waals surface area contributed by atoms with Crippen LogP contribution in [0.5, 0.6) is 0 Å². The van der Waals surface area contributed by atoms with Crippen LogP contribution in [0, 0.1) is 5.82 Å². The zero-order chi connectivity index (χ0) is 15.9. The molecule has 1 aromatic rings. The van der Waals surface area contributed by atoms with E-state index < -0.39 is 0 Å². The Balaban J connectivity index is 1.76. The average Bonchev–Trinajstić information content (AvgIpc) is 2.48. The average molecular weight is 309 g/mol. The van der Waals surface area contributed by atoms with E-state index in [1.807, 2.05) is 4.90 Å². The zero-order valence-corrected chi connectivity index (χ0v) is 12.5. The van der Waals surface area contributed by atoms with Gasteiger partial charge in [0.1, 0.15) is 12.4 Å². The highest BCUT2D eigenvalue weighted by atomic mass is 19.1. The Kier molecular flexibility index (Phi) is 5.85. The summed E-state index contributed by atoms with van der Waals surface area (Å²) in [6, 6.07) is 5.79. The van der Waals surface area contributed by atoms with Crippen LogP contribution in [0.1, 0.15) is 0 Å².